The van der Waals surface area contributed by atoms with Crippen LogP contribution in [-0.2, 0) is 0 Å². The van der Waals surface area contributed by atoms with E-state index in [-0.39, 0.29) is 11.9 Å². The molecule has 1 amide bonds. The summed E-state index contributed by atoms with van der Waals surface area (Å²) in [5.41, 5.74) is 6.42. The highest BCUT2D eigenvalue weighted by molar-refractivity contribution is 6.36. The lowest BCUT2D eigenvalue weighted by atomic mass is 9.90. The molecule has 0 aromatic heterocycles. The third-order valence-corrected chi connectivity index (χ3v) is 4.28. The number of hydrogen-bond acceptors (Lipinski definition) is 2. The zero-order valence-corrected chi connectivity index (χ0v) is 12.4. The zero-order valence-electron chi connectivity index (χ0n) is 10.9. The summed E-state index contributed by atoms with van der Waals surface area (Å²) < 4.78 is 0. The molecule has 104 valence electrons. The second-order valence-electron chi connectivity index (χ2n) is 5.11. The lowest BCUT2D eigenvalue weighted by molar-refractivity contribution is 0.0681. The van der Waals surface area contributed by atoms with Crippen molar-refractivity contribution in [2.45, 2.75) is 25.8 Å². The van der Waals surface area contributed by atoms with Crippen molar-refractivity contribution in [1.29, 1.82) is 0 Å². The van der Waals surface area contributed by atoms with Crippen LogP contribution in [0.5, 0.6) is 0 Å². The Labute approximate surface area is 123 Å². The largest absolute Gasteiger partial charge is 0.339 e. The van der Waals surface area contributed by atoms with Crippen molar-refractivity contribution >= 4 is 29.1 Å². The monoisotopic (exact) mass is 300 g/mol. The molecule has 1 aliphatic rings. The molecule has 1 fully saturated rings. The van der Waals surface area contributed by atoms with Crippen LogP contribution in [0.1, 0.15) is 30.1 Å². The number of rotatable bonds is 2. The van der Waals surface area contributed by atoms with E-state index in [4.69, 9.17) is 28.9 Å². The summed E-state index contributed by atoms with van der Waals surface area (Å²) >= 11 is 11.9. The van der Waals surface area contributed by atoms with E-state index in [2.05, 4.69) is 0 Å². The summed E-state index contributed by atoms with van der Waals surface area (Å²) in [5.74, 6) is 0.481. The molecule has 0 radical (unpaired) electrons. The predicted molar refractivity (Wildman–Crippen MR) is 78.7 cm³/mol. The van der Waals surface area contributed by atoms with Crippen molar-refractivity contribution in [2.75, 3.05) is 13.1 Å². The van der Waals surface area contributed by atoms with Gasteiger partial charge >= 0.3 is 0 Å². The van der Waals surface area contributed by atoms with Gasteiger partial charge in [0, 0.05) is 24.2 Å². The molecule has 1 atom stereocenters. The van der Waals surface area contributed by atoms with Crippen molar-refractivity contribution in [3.8, 4) is 0 Å². The number of carbonyl (C=O) groups is 1. The maximum absolute atomic E-state index is 12.4. The van der Waals surface area contributed by atoms with E-state index in [9.17, 15) is 4.79 Å². The van der Waals surface area contributed by atoms with Crippen LogP contribution in [0.2, 0.25) is 10.0 Å². The molecule has 5 heteroatoms. The Kier molecular flexibility index (Phi) is 4.71. The highest BCUT2D eigenvalue weighted by Crippen LogP contribution is 2.25. The number of likely N-dealkylation sites (tertiary alicyclic amines) is 1. The fourth-order valence-corrected chi connectivity index (χ4v) is 2.95. The second kappa shape index (κ2) is 6.12. The topological polar surface area (TPSA) is 46.3 Å². The fourth-order valence-electron chi connectivity index (χ4n) is 2.46. The predicted octanol–water partition coefficient (Wildman–Crippen LogP) is 3.19. The van der Waals surface area contributed by atoms with Crippen LogP contribution in [0.3, 0.4) is 0 Å². The molecule has 1 aromatic carbocycles. The molecular weight excluding hydrogens is 283 g/mol. The van der Waals surface area contributed by atoms with E-state index in [1.165, 1.54) is 0 Å². The first-order valence-electron chi connectivity index (χ1n) is 6.49. The molecule has 1 aliphatic heterocycles. The van der Waals surface area contributed by atoms with Gasteiger partial charge in [-0.1, -0.05) is 23.2 Å². The van der Waals surface area contributed by atoms with Crippen LogP contribution >= 0.6 is 23.2 Å². The van der Waals surface area contributed by atoms with Gasteiger partial charge in [-0.05, 0) is 43.9 Å². The summed E-state index contributed by atoms with van der Waals surface area (Å²) in [6, 6.07) is 5.17. The van der Waals surface area contributed by atoms with Crippen LogP contribution in [0.15, 0.2) is 18.2 Å². The Morgan fingerprint density at radius 3 is 2.53 bits per heavy atom. The minimum absolute atomic E-state index is 0.0233. The molecular formula is C14H18Cl2N2O. The smallest absolute Gasteiger partial charge is 0.255 e. The van der Waals surface area contributed by atoms with Crippen LogP contribution < -0.4 is 5.73 Å². The Balaban J connectivity index is 2.05. The van der Waals surface area contributed by atoms with Crippen molar-refractivity contribution in [1.82, 2.24) is 4.90 Å². The normalized spacial score (nSPS) is 18.4. The third kappa shape index (κ3) is 3.41. The van der Waals surface area contributed by atoms with Gasteiger partial charge in [0.1, 0.15) is 0 Å². The average Bonchev–Trinajstić information content (AvgIpc) is 2.38. The van der Waals surface area contributed by atoms with Gasteiger partial charge in [0.15, 0.2) is 0 Å². The molecule has 1 heterocycles. The van der Waals surface area contributed by atoms with Gasteiger partial charge in [-0.15, -0.1) is 0 Å². The number of nitrogens with two attached hydrogens (primary N) is 1. The molecule has 1 saturated heterocycles. The van der Waals surface area contributed by atoms with E-state index in [0.717, 1.165) is 25.9 Å². The highest BCUT2D eigenvalue weighted by atomic mass is 35.5. The van der Waals surface area contributed by atoms with E-state index in [0.29, 0.717) is 21.5 Å². The minimum Gasteiger partial charge on any atom is -0.339 e. The molecule has 2 rings (SSSR count). The van der Waals surface area contributed by atoms with E-state index < -0.39 is 0 Å². The Morgan fingerprint density at radius 1 is 1.37 bits per heavy atom. The van der Waals surface area contributed by atoms with E-state index >= 15 is 0 Å². The SMILES string of the molecule is CC(N)C1CCN(C(=O)c2ccc(Cl)cc2Cl)CC1. The molecule has 0 bridgehead atoms. The van der Waals surface area contributed by atoms with Crippen molar-refractivity contribution in [3.05, 3.63) is 33.8 Å². The molecule has 1 aromatic rings. The van der Waals surface area contributed by atoms with Crippen LogP contribution in [0.4, 0.5) is 0 Å². The number of carbonyl (C=O) groups excluding carboxylic acids is 1. The summed E-state index contributed by atoms with van der Waals surface area (Å²) in [6.45, 7) is 3.51. The lowest BCUT2D eigenvalue weighted by Gasteiger charge is -2.33. The maximum atomic E-state index is 12.4. The summed E-state index contributed by atoms with van der Waals surface area (Å²) in [7, 11) is 0. The molecule has 3 nitrogen and oxygen atoms in total. The fraction of sp³-hybridized carbons (Fsp3) is 0.500. The number of halogens is 2. The van der Waals surface area contributed by atoms with Crippen molar-refractivity contribution < 1.29 is 4.79 Å². The van der Waals surface area contributed by atoms with Gasteiger partial charge in [-0.25, -0.2) is 0 Å². The van der Waals surface area contributed by atoms with Gasteiger partial charge in [0.2, 0.25) is 0 Å². The van der Waals surface area contributed by atoms with Gasteiger partial charge in [-0.2, -0.15) is 0 Å². The number of hydrogen-bond donors (Lipinski definition) is 1. The zero-order chi connectivity index (χ0) is 14.0. The molecule has 19 heavy (non-hydrogen) atoms. The lowest BCUT2D eigenvalue weighted by Crippen LogP contribution is -2.42. The van der Waals surface area contributed by atoms with Crippen molar-refractivity contribution in [2.24, 2.45) is 11.7 Å². The minimum atomic E-state index is -0.0233. The first kappa shape index (κ1) is 14.6. The highest BCUT2D eigenvalue weighted by Gasteiger charge is 2.26. The molecule has 0 saturated carbocycles. The van der Waals surface area contributed by atoms with E-state index in [1.54, 1.807) is 18.2 Å². The van der Waals surface area contributed by atoms with Crippen LogP contribution in [0.25, 0.3) is 0 Å². The van der Waals surface area contributed by atoms with E-state index in [1.807, 2.05) is 11.8 Å². The Morgan fingerprint density at radius 2 is 2.00 bits per heavy atom. The first-order chi connectivity index (χ1) is 8.99. The van der Waals surface area contributed by atoms with Crippen molar-refractivity contribution in [3.63, 3.8) is 0 Å². The van der Waals surface area contributed by atoms with Gasteiger partial charge < -0.3 is 10.6 Å². The Bertz CT molecular complexity index is 469. The average molecular weight is 301 g/mol. The van der Waals surface area contributed by atoms with Crippen LogP contribution in [-0.4, -0.2) is 29.9 Å². The maximum Gasteiger partial charge on any atom is 0.255 e. The quantitative estimate of drug-likeness (QED) is 0.912. The third-order valence-electron chi connectivity index (χ3n) is 3.73. The first-order valence-corrected chi connectivity index (χ1v) is 7.24. The number of nitrogens with zero attached hydrogens (tertiary/aromatic N) is 1. The van der Waals surface area contributed by atoms with Gasteiger partial charge in [0.05, 0.1) is 10.6 Å². The molecule has 1 unspecified atom stereocenters. The number of benzene rings is 1. The number of amides is 1. The summed E-state index contributed by atoms with van der Waals surface area (Å²) in [5, 5.41) is 0.948. The van der Waals surface area contributed by atoms with Crippen LogP contribution in [0, 0.1) is 5.92 Å². The number of piperidine rings is 1. The molecule has 0 spiro atoms. The van der Waals surface area contributed by atoms with Gasteiger partial charge in [-0.3, -0.25) is 4.79 Å². The summed E-state index contributed by atoms with van der Waals surface area (Å²) in [6.07, 6.45) is 1.91. The molecule has 2 N–H and O–H groups in total. The Hall–Kier alpha value is -0.770. The standard InChI is InChI=1S/C14H18Cl2N2O/c1-9(17)10-4-6-18(7-5-10)14(19)12-3-2-11(15)8-13(12)16/h2-3,8-10H,4-7,17H2,1H3. The summed E-state index contributed by atoms with van der Waals surface area (Å²) in [4.78, 5) is 14.2. The molecule has 0 aliphatic carbocycles. The van der Waals surface area contributed by atoms with Gasteiger partial charge in [0.25, 0.3) is 5.91 Å². The second-order valence-corrected chi connectivity index (χ2v) is 5.96.